The van der Waals surface area contributed by atoms with Gasteiger partial charge in [-0.05, 0) is 32.4 Å². The maximum Gasteiger partial charge on any atom is 0.182 e. The van der Waals surface area contributed by atoms with Gasteiger partial charge in [0.15, 0.2) is 9.84 Å². The largest absolute Gasteiger partial charge is 0.397 e. The summed E-state index contributed by atoms with van der Waals surface area (Å²) < 4.78 is 29.3. The maximum atomic E-state index is 12.0. The molecule has 0 spiro atoms. The molecule has 0 atom stereocenters. The zero-order chi connectivity index (χ0) is 13.1. The fourth-order valence-electron chi connectivity index (χ4n) is 1.43. The van der Waals surface area contributed by atoms with E-state index in [1.54, 1.807) is 19.1 Å². The van der Waals surface area contributed by atoms with Gasteiger partial charge < -0.3 is 10.5 Å². The Bertz CT molecular complexity index is 481. The van der Waals surface area contributed by atoms with Gasteiger partial charge in [0, 0.05) is 0 Å². The summed E-state index contributed by atoms with van der Waals surface area (Å²) in [6.45, 7) is 5.72. The van der Waals surface area contributed by atoms with Crippen molar-refractivity contribution < 1.29 is 13.2 Å². The van der Waals surface area contributed by atoms with Crippen LogP contribution in [0.5, 0.6) is 0 Å². The molecule has 0 aliphatic heterocycles. The Balaban J connectivity index is 2.87. The lowest BCUT2D eigenvalue weighted by atomic mass is 10.2. The SMILES string of the molecule is Cc1cccc(S(=O)(=O)CCOC(C)C)c1N. The highest BCUT2D eigenvalue weighted by molar-refractivity contribution is 7.91. The summed E-state index contributed by atoms with van der Waals surface area (Å²) >= 11 is 0. The molecule has 2 N–H and O–H groups in total. The Morgan fingerprint density at radius 2 is 2.00 bits per heavy atom. The number of para-hydroxylation sites is 1. The number of hydrogen-bond acceptors (Lipinski definition) is 4. The first-order chi connectivity index (χ1) is 7.84. The Morgan fingerprint density at radius 1 is 1.35 bits per heavy atom. The topological polar surface area (TPSA) is 69.4 Å². The summed E-state index contributed by atoms with van der Waals surface area (Å²) in [5.74, 6) is -0.0428. The van der Waals surface area contributed by atoms with Crippen LogP contribution < -0.4 is 5.73 Å². The van der Waals surface area contributed by atoms with Crippen LogP contribution in [-0.2, 0) is 14.6 Å². The molecule has 17 heavy (non-hydrogen) atoms. The summed E-state index contributed by atoms with van der Waals surface area (Å²) in [7, 11) is -3.36. The Kier molecular flexibility index (Phi) is 4.54. The number of sulfone groups is 1. The van der Waals surface area contributed by atoms with Crippen molar-refractivity contribution in [2.75, 3.05) is 18.1 Å². The van der Waals surface area contributed by atoms with Crippen molar-refractivity contribution in [1.82, 2.24) is 0 Å². The lowest BCUT2D eigenvalue weighted by Crippen LogP contribution is -2.16. The molecule has 0 saturated carbocycles. The van der Waals surface area contributed by atoms with Crippen LogP contribution in [0.25, 0.3) is 0 Å². The van der Waals surface area contributed by atoms with E-state index in [-0.39, 0.29) is 23.4 Å². The third kappa shape index (κ3) is 3.71. The molecular weight excluding hydrogens is 238 g/mol. The summed E-state index contributed by atoms with van der Waals surface area (Å²) in [5.41, 5.74) is 6.88. The Labute approximate surface area is 103 Å². The van der Waals surface area contributed by atoms with Gasteiger partial charge in [0.05, 0.1) is 29.0 Å². The number of benzene rings is 1. The van der Waals surface area contributed by atoms with Gasteiger partial charge in [-0.15, -0.1) is 0 Å². The number of aryl methyl sites for hydroxylation is 1. The van der Waals surface area contributed by atoms with Crippen molar-refractivity contribution >= 4 is 15.5 Å². The van der Waals surface area contributed by atoms with E-state index in [1.165, 1.54) is 6.07 Å². The molecule has 0 heterocycles. The minimum absolute atomic E-state index is 0.0278. The molecule has 0 fully saturated rings. The van der Waals surface area contributed by atoms with Crippen LogP contribution in [0.1, 0.15) is 19.4 Å². The predicted octanol–water partition coefficient (Wildman–Crippen LogP) is 1.78. The van der Waals surface area contributed by atoms with Crippen molar-refractivity contribution in [2.24, 2.45) is 0 Å². The standard InChI is InChI=1S/C12H19NO3S/c1-9(2)16-7-8-17(14,15)11-6-4-5-10(3)12(11)13/h4-6,9H,7-8,13H2,1-3H3. The first-order valence-electron chi connectivity index (χ1n) is 5.54. The monoisotopic (exact) mass is 257 g/mol. The lowest BCUT2D eigenvalue weighted by molar-refractivity contribution is 0.0912. The van der Waals surface area contributed by atoms with Crippen LogP contribution in [0.2, 0.25) is 0 Å². The number of ether oxygens (including phenoxy) is 1. The molecule has 4 nitrogen and oxygen atoms in total. The molecule has 0 aromatic heterocycles. The lowest BCUT2D eigenvalue weighted by Gasteiger charge is -2.11. The van der Waals surface area contributed by atoms with Gasteiger partial charge in [0.2, 0.25) is 0 Å². The fraction of sp³-hybridized carbons (Fsp3) is 0.500. The van der Waals surface area contributed by atoms with E-state index in [4.69, 9.17) is 10.5 Å². The summed E-state index contributed by atoms with van der Waals surface area (Å²) in [5, 5.41) is 0. The van der Waals surface area contributed by atoms with Gasteiger partial charge in [-0.2, -0.15) is 0 Å². The second-order valence-corrected chi connectivity index (χ2v) is 6.30. The molecule has 1 aromatic rings. The number of hydrogen-bond donors (Lipinski definition) is 1. The van der Waals surface area contributed by atoms with Crippen LogP contribution in [0.3, 0.4) is 0 Å². The normalized spacial score (nSPS) is 12.0. The van der Waals surface area contributed by atoms with E-state index in [0.29, 0.717) is 5.69 Å². The highest BCUT2D eigenvalue weighted by atomic mass is 32.2. The van der Waals surface area contributed by atoms with E-state index in [9.17, 15) is 8.42 Å². The molecule has 1 rings (SSSR count). The molecule has 1 aromatic carbocycles. The van der Waals surface area contributed by atoms with E-state index >= 15 is 0 Å². The highest BCUT2D eigenvalue weighted by Crippen LogP contribution is 2.22. The first kappa shape index (κ1) is 14.0. The van der Waals surface area contributed by atoms with Crippen molar-refractivity contribution in [3.63, 3.8) is 0 Å². The third-order valence-corrected chi connectivity index (χ3v) is 4.15. The summed E-state index contributed by atoms with van der Waals surface area (Å²) in [6, 6.07) is 5.02. The first-order valence-corrected chi connectivity index (χ1v) is 7.19. The average molecular weight is 257 g/mol. The van der Waals surface area contributed by atoms with E-state index in [2.05, 4.69) is 0 Å². The number of rotatable bonds is 5. The zero-order valence-corrected chi connectivity index (χ0v) is 11.3. The van der Waals surface area contributed by atoms with Gasteiger partial charge in [0.25, 0.3) is 0 Å². The van der Waals surface area contributed by atoms with Crippen molar-refractivity contribution in [3.8, 4) is 0 Å². The molecule has 96 valence electrons. The zero-order valence-electron chi connectivity index (χ0n) is 10.4. The smallest absolute Gasteiger partial charge is 0.182 e. The molecule has 5 heteroatoms. The van der Waals surface area contributed by atoms with Gasteiger partial charge in [-0.3, -0.25) is 0 Å². The highest BCUT2D eigenvalue weighted by Gasteiger charge is 2.18. The molecule has 0 aliphatic rings. The van der Waals surface area contributed by atoms with E-state index in [0.717, 1.165) is 5.56 Å². The fourth-order valence-corrected chi connectivity index (χ4v) is 2.75. The molecule has 0 saturated heterocycles. The minimum atomic E-state index is -3.36. The van der Waals surface area contributed by atoms with Gasteiger partial charge in [-0.1, -0.05) is 12.1 Å². The number of nitrogens with two attached hydrogens (primary N) is 1. The molecular formula is C12H19NO3S. The van der Waals surface area contributed by atoms with Gasteiger partial charge in [-0.25, -0.2) is 8.42 Å². The second-order valence-electron chi connectivity index (χ2n) is 4.23. The number of nitrogen functional groups attached to an aromatic ring is 1. The summed E-state index contributed by atoms with van der Waals surface area (Å²) in [4.78, 5) is 0.199. The van der Waals surface area contributed by atoms with Crippen LogP contribution in [-0.4, -0.2) is 26.9 Å². The average Bonchev–Trinajstić information content (AvgIpc) is 2.21. The van der Waals surface area contributed by atoms with Crippen LogP contribution in [0.4, 0.5) is 5.69 Å². The van der Waals surface area contributed by atoms with E-state index < -0.39 is 9.84 Å². The van der Waals surface area contributed by atoms with Crippen LogP contribution in [0, 0.1) is 6.92 Å². The van der Waals surface area contributed by atoms with Crippen LogP contribution >= 0.6 is 0 Å². The summed E-state index contributed by atoms with van der Waals surface area (Å²) in [6.07, 6.45) is 0.0278. The van der Waals surface area contributed by atoms with Crippen LogP contribution in [0.15, 0.2) is 23.1 Å². The molecule has 0 amide bonds. The van der Waals surface area contributed by atoms with Gasteiger partial charge in [0.1, 0.15) is 0 Å². The quantitative estimate of drug-likeness (QED) is 0.816. The minimum Gasteiger partial charge on any atom is -0.397 e. The molecule has 0 aliphatic carbocycles. The molecule has 0 radical (unpaired) electrons. The Morgan fingerprint density at radius 3 is 2.59 bits per heavy atom. The second kappa shape index (κ2) is 5.51. The molecule has 0 bridgehead atoms. The third-order valence-electron chi connectivity index (χ3n) is 2.42. The van der Waals surface area contributed by atoms with Gasteiger partial charge >= 0.3 is 0 Å². The number of anilines is 1. The van der Waals surface area contributed by atoms with Crippen molar-refractivity contribution in [2.45, 2.75) is 31.8 Å². The molecule has 0 unspecified atom stereocenters. The van der Waals surface area contributed by atoms with Crippen molar-refractivity contribution in [3.05, 3.63) is 23.8 Å². The van der Waals surface area contributed by atoms with Crippen molar-refractivity contribution in [1.29, 1.82) is 0 Å². The predicted molar refractivity (Wildman–Crippen MR) is 68.7 cm³/mol. The maximum absolute atomic E-state index is 12.0. The Hall–Kier alpha value is -1.07. The van der Waals surface area contributed by atoms with E-state index in [1.807, 2.05) is 13.8 Å².